The van der Waals surface area contributed by atoms with Gasteiger partial charge in [-0.25, -0.2) is 0 Å². The van der Waals surface area contributed by atoms with Gasteiger partial charge >= 0.3 is 17.9 Å². The van der Waals surface area contributed by atoms with Crippen LogP contribution in [0.15, 0.2) is 12.2 Å². The Morgan fingerprint density at radius 3 is 2.11 bits per heavy atom. The Bertz CT molecular complexity index is 357. The molecule has 0 saturated carbocycles. The van der Waals surface area contributed by atoms with Gasteiger partial charge in [-0.15, -0.1) is 0 Å². The maximum atomic E-state index is 11.6. The molecular weight excluding hydrogens is 240 g/mol. The molecule has 0 bridgehead atoms. The minimum absolute atomic E-state index is 0.369. The Morgan fingerprint density at radius 2 is 1.67 bits per heavy atom. The van der Waals surface area contributed by atoms with Gasteiger partial charge in [0.1, 0.15) is 6.10 Å². The standard InChI is InChI=1S/C12H16O6/c1-7(13)18-9-5-4-8(6-9)10(11(14)16-2)12(15)17-3/h4-5,8-10H,6H2,1-3H3/t8-,9+/m0/s1. The van der Waals surface area contributed by atoms with Crippen LogP contribution in [-0.2, 0) is 28.6 Å². The molecule has 0 spiro atoms. The summed E-state index contributed by atoms with van der Waals surface area (Å²) >= 11 is 0. The van der Waals surface area contributed by atoms with E-state index >= 15 is 0 Å². The Morgan fingerprint density at radius 1 is 1.11 bits per heavy atom. The quantitative estimate of drug-likeness (QED) is 0.314. The van der Waals surface area contributed by atoms with E-state index in [4.69, 9.17) is 4.74 Å². The number of carbonyl (C=O) groups is 3. The number of methoxy groups -OCH3 is 2. The Hall–Kier alpha value is -1.85. The van der Waals surface area contributed by atoms with E-state index in [-0.39, 0.29) is 5.92 Å². The van der Waals surface area contributed by atoms with E-state index in [1.54, 1.807) is 12.2 Å². The largest absolute Gasteiger partial charge is 0.468 e. The number of allylic oxidation sites excluding steroid dienone is 1. The lowest BCUT2D eigenvalue weighted by Crippen LogP contribution is -2.32. The summed E-state index contributed by atoms with van der Waals surface area (Å²) in [4.78, 5) is 33.9. The van der Waals surface area contributed by atoms with Gasteiger partial charge in [0.2, 0.25) is 0 Å². The fourth-order valence-electron chi connectivity index (χ4n) is 1.94. The van der Waals surface area contributed by atoms with Crippen molar-refractivity contribution in [2.45, 2.75) is 19.4 Å². The zero-order valence-electron chi connectivity index (χ0n) is 10.5. The molecule has 0 fully saturated rings. The van der Waals surface area contributed by atoms with Crippen LogP contribution in [-0.4, -0.2) is 38.2 Å². The molecule has 6 heteroatoms. The summed E-state index contributed by atoms with van der Waals surface area (Å²) in [5, 5.41) is 0. The highest BCUT2D eigenvalue weighted by Gasteiger charge is 2.39. The normalized spacial score (nSPS) is 21.8. The minimum atomic E-state index is -1.02. The second-order valence-electron chi connectivity index (χ2n) is 3.96. The Labute approximate surface area is 105 Å². The van der Waals surface area contributed by atoms with Crippen molar-refractivity contribution in [1.82, 2.24) is 0 Å². The van der Waals surface area contributed by atoms with Gasteiger partial charge in [-0.1, -0.05) is 6.08 Å². The molecule has 1 aliphatic rings. The average molecular weight is 256 g/mol. The van der Waals surface area contributed by atoms with Crippen molar-refractivity contribution in [1.29, 1.82) is 0 Å². The van der Waals surface area contributed by atoms with Gasteiger partial charge in [-0.2, -0.15) is 0 Å². The third-order valence-corrected chi connectivity index (χ3v) is 2.73. The smallest absolute Gasteiger partial charge is 0.320 e. The van der Waals surface area contributed by atoms with Gasteiger partial charge in [0.05, 0.1) is 14.2 Å². The first kappa shape index (κ1) is 14.2. The molecule has 0 aromatic carbocycles. The van der Waals surface area contributed by atoms with Crippen LogP contribution in [0.4, 0.5) is 0 Å². The molecule has 18 heavy (non-hydrogen) atoms. The lowest BCUT2D eigenvalue weighted by atomic mass is 9.91. The van der Waals surface area contributed by atoms with Crippen LogP contribution in [0.2, 0.25) is 0 Å². The van der Waals surface area contributed by atoms with Crippen molar-refractivity contribution in [2.75, 3.05) is 14.2 Å². The molecule has 0 aliphatic heterocycles. The molecule has 0 saturated heterocycles. The van der Waals surface area contributed by atoms with Crippen LogP contribution < -0.4 is 0 Å². The highest BCUT2D eigenvalue weighted by Crippen LogP contribution is 2.29. The van der Waals surface area contributed by atoms with Gasteiger partial charge in [0, 0.05) is 12.8 Å². The number of carbonyl (C=O) groups excluding carboxylic acids is 3. The van der Waals surface area contributed by atoms with Gasteiger partial charge in [0.15, 0.2) is 5.92 Å². The van der Waals surface area contributed by atoms with Gasteiger partial charge in [-0.05, 0) is 12.5 Å². The predicted octanol–water partition coefficient (Wildman–Crippen LogP) is 0.456. The van der Waals surface area contributed by atoms with Crippen molar-refractivity contribution < 1.29 is 28.6 Å². The van der Waals surface area contributed by atoms with Crippen molar-refractivity contribution in [3.8, 4) is 0 Å². The topological polar surface area (TPSA) is 78.9 Å². The molecule has 1 rings (SSSR count). The minimum Gasteiger partial charge on any atom is -0.468 e. The zero-order valence-corrected chi connectivity index (χ0v) is 10.5. The molecular formula is C12H16O6. The lowest BCUT2D eigenvalue weighted by molar-refractivity contribution is -0.160. The van der Waals surface area contributed by atoms with Crippen molar-refractivity contribution >= 4 is 17.9 Å². The van der Waals surface area contributed by atoms with Crippen LogP contribution >= 0.6 is 0 Å². The summed E-state index contributed by atoms with van der Waals surface area (Å²) in [6.07, 6.45) is 3.29. The number of hydrogen-bond donors (Lipinski definition) is 0. The third-order valence-electron chi connectivity index (χ3n) is 2.73. The van der Waals surface area contributed by atoms with Gasteiger partial charge < -0.3 is 14.2 Å². The molecule has 100 valence electrons. The molecule has 0 heterocycles. The summed E-state index contributed by atoms with van der Waals surface area (Å²) < 4.78 is 14.2. The molecule has 0 unspecified atom stereocenters. The van der Waals surface area contributed by atoms with E-state index < -0.39 is 29.9 Å². The lowest BCUT2D eigenvalue weighted by Gasteiger charge is -2.18. The first-order valence-corrected chi connectivity index (χ1v) is 5.50. The molecule has 0 amide bonds. The Balaban J connectivity index is 2.72. The summed E-state index contributed by atoms with van der Waals surface area (Å²) in [7, 11) is 2.42. The monoisotopic (exact) mass is 256 g/mol. The van der Waals surface area contributed by atoms with Gasteiger partial charge in [0.25, 0.3) is 0 Å². The molecule has 6 nitrogen and oxygen atoms in total. The van der Waals surface area contributed by atoms with E-state index in [0.717, 1.165) is 0 Å². The van der Waals surface area contributed by atoms with Gasteiger partial charge in [-0.3, -0.25) is 14.4 Å². The maximum absolute atomic E-state index is 11.6. The molecule has 0 N–H and O–H groups in total. The molecule has 1 aliphatic carbocycles. The predicted molar refractivity (Wildman–Crippen MR) is 60.3 cm³/mol. The average Bonchev–Trinajstić information content (AvgIpc) is 2.76. The molecule has 0 aromatic heterocycles. The molecule has 2 atom stereocenters. The van der Waals surface area contributed by atoms with Crippen LogP contribution in [0.25, 0.3) is 0 Å². The van der Waals surface area contributed by atoms with Crippen molar-refractivity contribution in [3.63, 3.8) is 0 Å². The Kier molecular flexibility index (Phi) is 4.88. The van der Waals surface area contributed by atoms with Crippen LogP contribution in [0.1, 0.15) is 13.3 Å². The molecule has 0 radical (unpaired) electrons. The third kappa shape index (κ3) is 3.32. The van der Waals surface area contributed by atoms with E-state index in [2.05, 4.69) is 9.47 Å². The fourth-order valence-corrected chi connectivity index (χ4v) is 1.94. The number of hydrogen-bond acceptors (Lipinski definition) is 6. The SMILES string of the molecule is COC(=O)C(C(=O)OC)[C@H]1C=C[C@@H](OC(C)=O)C1. The van der Waals surface area contributed by atoms with E-state index in [9.17, 15) is 14.4 Å². The fraction of sp³-hybridized carbons (Fsp3) is 0.583. The van der Waals surface area contributed by atoms with E-state index in [1.807, 2.05) is 0 Å². The number of rotatable bonds is 4. The first-order chi connectivity index (χ1) is 8.49. The summed E-state index contributed by atoms with van der Waals surface area (Å²) in [5.74, 6) is -3.11. The number of ether oxygens (including phenoxy) is 3. The van der Waals surface area contributed by atoms with E-state index in [1.165, 1.54) is 21.1 Å². The van der Waals surface area contributed by atoms with Crippen molar-refractivity contribution in [3.05, 3.63) is 12.2 Å². The maximum Gasteiger partial charge on any atom is 0.320 e. The highest BCUT2D eigenvalue weighted by molar-refractivity contribution is 5.95. The van der Waals surface area contributed by atoms with Crippen molar-refractivity contribution in [2.24, 2.45) is 11.8 Å². The summed E-state index contributed by atoms with van der Waals surface area (Å²) in [6.45, 7) is 1.30. The summed E-state index contributed by atoms with van der Waals surface area (Å²) in [6, 6.07) is 0. The highest BCUT2D eigenvalue weighted by atomic mass is 16.5. The van der Waals surface area contributed by atoms with E-state index in [0.29, 0.717) is 6.42 Å². The first-order valence-electron chi connectivity index (χ1n) is 5.50. The zero-order chi connectivity index (χ0) is 13.7. The molecule has 0 aromatic rings. The van der Waals surface area contributed by atoms with Crippen LogP contribution in [0, 0.1) is 11.8 Å². The van der Waals surface area contributed by atoms with Crippen LogP contribution in [0.5, 0.6) is 0 Å². The second kappa shape index (κ2) is 6.18. The number of esters is 3. The summed E-state index contributed by atoms with van der Waals surface area (Å²) in [5.41, 5.74) is 0. The van der Waals surface area contributed by atoms with Crippen LogP contribution in [0.3, 0.4) is 0 Å². The second-order valence-corrected chi connectivity index (χ2v) is 3.96.